The van der Waals surface area contributed by atoms with Crippen LogP contribution < -0.4 is 15.8 Å². The summed E-state index contributed by atoms with van der Waals surface area (Å²) < 4.78 is 0. The van der Waals surface area contributed by atoms with Crippen molar-refractivity contribution in [2.24, 2.45) is 5.92 Å². The van der Waals surface area contributed by atoms with Crippen molar-refractivity contribution in [2.45, 2.75) is 46.5 Å². The zero-order chi connectivity index (χ0) is 18.8. The predicted molar refractivity (Wildman–Crippen MR) is 106 cm³/mol. The van der Waals surface area contributed by atoms with Crippen molar-refractivity contribution in [2.75, 3.05) is 26.7 Å². The summed E-state index contributed by atoms with van der Waals surface area (Å²) in [6.07, 6.45) is 7.01. The summed E-state index contributed by atoms with van der Waals surface area (Å²) in [5.74, 6) is 0.541. The first kappa shape index (κ1) is 21.2. The Bertz CT molecular complexity index is 649. The Labute approximate surface area is 152 Å². The van der Waals surface area contributed by atoms with Crippen molar-refractivity contribution in [1.29, 1.82) is 0 Å². The minimum absolute atomic E-state index is 0.0594. The maximum Gasteiger partial charge on any atom is 0.251 e. The SMILES string of the molecule is C=c1ccc(C(=O)NCCO)c(C)/c1=C/N(C)CC(CCC)CCC. The van der Waals surface area contributed by atoms with E-state index in [4.69, 9.17) is 5.11 Å². The van der Waals surface area contributed by atoms with Crippen molar-refractivity contribution in [3.63, 3.8) is 0 Å². The molecule has 0 bridgehead atoms. The van der Waals surface area contributed by atoms with E-state index in [1.165, 1.54) is 25.7 Å². The Morgan fingerprint density at radius 3 is 2.52 bits per heavy atom. The highest BCUT2D eigenvalue weighted by molar-refractivity contribution is 5.95. The van der Waals surface area contributed by atoms with Crippen LogP contribution in [0.3, 0.4) is 0 Å². The third-order valence-electron chi connectivity index (χ3n) is 4.54. The van der Waals surface area contributed by atoms with Crippen LogP contribution in [0.5, 0.6) is 0 Å². The van der Waals surface area contributed by atoms with Crippen LogP contribution in [-0.2, 0) is 0 Å². The molecule has 0 fully saturated rings. The van der Waals surface area contributed by atoms with E-state index in [9.17, 15) is 4.79 Å². The van der Waals surface area contributed by atoms with Gasteiger partial charge in [0.25, 0.3) is 5.91 Å². The molecule has 0 heterocycles. The highest BCUT2D eigenvalue weighted by atomic mass is 16.3. The van der Waals surface area contributed by atoms with E-state index < -0.39 is 0 Å². The number of nitrogens with one attached hydrogen (secondary N) is 1. The fraction of sp³-hybridized carbons (Fsp3) is 0.571. The first-order chi connectivity index (χ1) is 11.9. The number of benzene rings is 1. The molecule has 1 aromatic rings. The Morgan fingerprint density at radius 1 is 1.32 bits per heavy atom. The number of carbonyl (C=O) groups excluding carboxylic acids is 1. The van der Waals surface area contributed by atoms with Gasteiger partial charge in [0.05, 0.1) is 6.61 Å². The van der Waals surface area contributed by atoms with Crippen molar-refractivity contribution >= 4 is 18.7 Å². The van der Waals surface area contributed by atoms with Gasteiger partial charge in [-0.1, -0.05) is 39.3 Å². The van der Waals surface area contributed by atoms with E-state index >= 15 is 0 Å². The minimum Gasteiger partial charge on any atom is -0.395 e. The van der Waals surface area contributed by atoms with Gasteiger partial charge in [-0.25, -0.2) is 0 Å². The molecule has 140 valence electrons. The predicted octanol–water partition coefficient (Wildman–Crippen LogP) is 2.01. The smallest absolute Gasteiger partial charge is 0.251 e. The fourth-order valence-electron chi connectivity index (χ4n) is 3.30. The molecular weight excluding hydrogens is 312 g/mol. The van der Waals surface area contributed by atoms with E-state index in [0.717, 1.165) is 22.5 Å². The molecular formula is C21H34N2O2. The normalized spacial score (nSPS) is 11.8. The standard InChI is InChI=1S/C21H34N2O2/c1-6-8-18(9-7-2)14-23(5)15-20-16(3)10-11-19(17(20)4)21(25)22-12-13-24/h10-11,15,18,24H,3,6-9,12-14H2,1-2,4-5H3,(H,22,25)/b20-15+. The van der Waals surface area contributed by atoms with Crippen LogP contribution >= 0.6 is 0 Å². The van der Waals surface area contributed by atoms with Crippen LogP contribution in [0.1, 0.15) is 55.5 Å². The molecule has 4 heteroatoms. The highest BCUT2D eigenvalue weighted by Crippen LogP contribution is 2.14. The Kier molecular flexibility index (Phi) is 9.28. The molecule has 0 spiro atoms. The molecule has 0 aliphatic heterocycles. The zero-order valence-electron chi connectivity index (χ0n) is 16.3. The second-order valence-corrected chi connectivity index (χ2v) is 6.80. The summed E-state index contributed by atoms with van der Waals surface area (Å²) in [5, 5.41) is 13.5. The number of hydrogen-bond donors (Lipinski definition) is 2. The van der Waals surface area contributed by atoms with E-state index in [2.05, 4.69) is 43.9 Å². The summed E-state index contributed by atoms with van der Waals surface area (Å²) in [6.45, 7) is 11.8. The molecule has 2 N–H and O–H groups in total. The maximum atomic E-state index is 12.3. The van der Waals surface area contributed by atoms with Crippen LogP contribution in [0.2, 0.25) is 0 Å². The summed E-state index contributed by atoms with van der Waals surface area (Å²) >= 11 is 0. The number of aliphatic hydroxyl groups is 1. The van der Waals surface area contributed by atoms with Crippen molar-refractivity contribution < 1.29 is 9.90 Å². The summed E-state index contributed by atoms with van der Waals surface area (Å²) in [5.41, 5.74) is 1.57. The van der Waals surface area contributed by atoms with Crippen LogP contribution in [0, 0.1) is 12.8 Å². The lowest BCUT2D eigenvalue weighted by Crippen LogP contribution is -2.35. The van der Waals surface area contributed by atoms with Gasteiger partial charge in [-0.3, -0.25) is 4.79 Å². The molecule has 1 rings (SSSR count). The molecule has 0 atom stereocenters. The number of rotatable bonds is 10. The van der Waals surface area contributed by atoms with E-state index in [1.807, 2.05) is 13.0 Å². The second-order valence-electron chi connectivity index (χ2n) is 6.80. The number of nitrogens with zero attached hydrogens (tertiary/aromatic N) is 1. The van der Waals surface area contributed by atoms with Gasteiger partial charge in [-0.2, -0.15) is 0 Å². The van der Waals surface area contributed by atoms with E-state index in [1.54, 1.807) is 6.07 Å². The van der Waals surface area contributed by atoms with E-state index in [-0.39, 0.29) is 19.1 Å². The first-order valence-electron chi connectivity index (χ1n) is 9.34. The van der Waals surface area contributed by atoms with Gasteiger partial charge in [-0.15, -0.1) is 0 Å². The highest BCUT2D eigenvalue weighted by Gasteiger charge is 2.11. The molecule has 25 heavy (non-hydrogen) atoms. The van der Waals surface area contributed by atoms with Gasteiger partial charge >= 0.3 is 0 Å². The monoisotopic (exact) mass is 346 g/mol. The maximum absolute atomic E-state index is 12.3. The molecule has 0 aromatic heterocycles. The van der Waals surface area contributed by atoms with E-state index in [0.29, 0.717) is 11.5 Å². The lowest BCUT2D eigenvalue weighted by molar-refractivity contribution is 0.0944. The van der Waals surface area contributed by atoms with Crippen molar-refractivity contribution in [3.8, 4) is 0 Å². The van der Waals surface area contributed by atoms with Crippen LogP contribution in [0.25, 0.3) is 12.8 Å². The quantitative estimate of drug-likeness (QED) is 0.681. The number of amides is 1. The molecule has 0 radical (unpaired) electrons. The summed E-state index contributed by atoms with van der Waals surface area (Å²) in [6, 6.07) is 3.69. The fourth-order valence-corrected chi connectivity index (χ4v) is 3.30. The average molecular weight is 347 g/mol. The third kappa shape index (κ3) is 6.54. The lowest BCUT2D eigenvalue weighted by atomic mass is 9.98. The molecule has 0 aliphatic carbocycles. The van der Waals surface area contributed by atoms with Gasteiger partial charge in [-0.05, 0) is 42.5 Å². The first-order valence-corrected chi connectivity index (χ1v) is 9.34. The summed E-state index contributed by atoms with van der Waals surface area (Å²) in [7, 11) is 2.09. The zero-order valence-corrected chi connectivity index (χ0v) is 16.3. The summed E-state index contributed by atoms with van der Waals surface area (Å²) in [4.78, 5) is 14.5. The molecule has 0 unspecified atom stereocenters. The molecule has 0 aliphatic rings. The topological polar surface area (TPSA) is 52.6 Å². The molecule has 1 amide bonds. The van der Waals surface area contributed by atoms with Crippen molar-refractivity contribution in [1.82, 2.24) is 10.2 Å². The lowest BCUT2D eigenvalue weighted by Gasteiger charge is -2.22. The second kappa shape index (κ2) is 10.9. The molecule has 0 saturated carbocycles. The van der Waals surface area contributed by atoms with Crippen LogP contribution in [0.4, 0.5) is 0 Å². The van der Waals surface area contributed by atoms with Crippen LogP contribution in [-0.4, -0.2) is 42.7 Å². The Hall–Kier alpha value is -1.81. The third-order valence-corrected chi connectivity index (χ3v) is 4.54. The van der Waals surface area contributed by atoms with Crippen LogP contribution in [0.15, 0.2) is 12.1 Å². The number of carbonyl (C=O) groups is 1. The largest absolute Gasteiger partial charge is 0.395 e. The molecule has 4 nitrogen and oxygen atoms in total. The average Bonchev–Trinajstić information content (AvgIpc) is 2.57. The van der Waals surface area contributed by atoms with Crippen molar-refractivity contribution in [3.05, 3.63) is 33.7 Å². The van der Waals surface area contributed by atoms with Gasteiger partial charge in [0.15, 0.2) is 0 Å². The Balaban J connectivity index is 3.07. The van der Waals surface area contributed by atoms with Gasteiger partial charge in [0.1, 0.15) is 0 Å². The van der Waals surface area contributed by atoms with Gasteiger partial charge in [0.2, 0.25) is 0 Å². The van der Waals surface area contributed by atoms with Gasteiger partial charge < -0.3 is 15.3 Å². The van der Waals surface area contributed by atoms with Gasteiger partial charge in [0, 0.05) is 37.1 Å². The molecule has 0 saturated heterocycles. The molecule has 1 aromatic carbocycles. The minimum atomic E-state index is -0.154. The Morgan fingerprint density at radius 2 is 1.96 bits per heavy atom. The number of aliphatic hydroxyl groups excluding tert-OH is 1. The number of hydrogen-bond acceptors (Lipinski definition) is 3.